The van der Waals surface area contributed by atoms with Crippen molar-refractivity contribution in [3.05, 3.63) is 59.1 Å². The van der Waals surface area contributed by atoms with E-state index in [0.717, 1.165) is 21.5 Å². The van der Waals surface area contributed by atoms with Crippen LogP contribution in [0.1, 0.15) is 23.4 Å². The van der Waals surface area contributed by atoms with E-state index in [4.69, 9.17) is 4.74 Å². The lowest BCUT2D eigenvalue weighted by Gasteiger charge is -2.07. The molecule has 0 spiro atoms. The van der Waals surface area contributed by atoms with Crippen LogP contribution in [-0.2, 0) is 11.2 Å². The Morgan fingerprint density at radius 1 is 1.25 bits per heavy atom. The molecule has 0 radical (unpaired) electrons. The highest BCUT2D eigenvalue weighted by Crippen LogP contribution is 2.28. The Labute approximate surface area is 144 Å². The monoisotopic (exact) mass is 336 g/mol. The molecule has 120 valence electrons. The third kappa shape index (κ3) is 3.44. The van der Waals surface area contributed by atoms with Crippen molar-refractivity contribution < 1.29 is 9.53 Å². The number of hydrogen-bond donors (Lipinski definition) is 0. The van der Waals surface area contributed by atoms with E-state index in [9.17, 15) is 10.1 Å². The van der Waals surface area contributed by atoms with E-state index in [1.165, 1.54) is 11.3 Å². The molecule has 1 heterocycles. The van der Waals surface area contributed by atoms with Crippen LogP contribution in [0.3, 0.4) is 0 Å². The molecule has 3 aromatic rings. The van der Waals surface area contributed by atoms with Crippen LogP contribution in [0.2, 0.25) is 0 Å². The molecule has 1 aromatic heterocycles. The fraction of sp³-hybridized carbons (Fsp3) is 0.211. The second kappa shape index (κ2) is 7.24. The zero-order chi connectivity index (χ0) is 16.9. The van der Waals surface area contributed by atoms with Gasteiger partial charge in [-0.05, 0) is 36.8 Å². The van der Waals surface area contributed by atoms with Gasteiger partial charge in [0.25, 0.3) is 0 Å². The molecule has 0 unspecified atom stereocenters. The number of ether oxygens (including phenoxy) is 1. The molecule has 1 atom stereocenters. The number of carbonyl (C=O) groups excluding carboxylic acids is 1. The first-order valence-corrected chi connectivity index (χ1v) is 8.52. The van der Waals surface area contributed by atoms with E-state index >= 15 is 0 Å². The van der Waals surface area contributed by atoms with Crippen LogP contribution < -0.4 is 4.74 Å². The van der Waals surface area contributed by atoms with E-state index in [0.29, 0.717) is 11.6 Å². The number of para-hydroxylation sites is 1. The lowest BCUT2D eigenvalue weighted by atomic mass is 9.99. The Balaban J connectivity index is 1.77. The Morgan fingerprint density at radius 2 is 2.00 bits per heavy atom. The lowest BCUT2D eigenvalue weighted by Crippen LogP contribution is -2.13. The minimum Gasteiger partial charge on any atom is -0.494 e. The van der Waals surface area contributed by atoms with Gasteiger partial charge in [-0.2, -0.15) is 5.26 Å². The summed E-state index contributed by atoms with van der Waals surface area (Å²) in [5, 5.41) is 10.0. The maximum Gasteiger partial charge on any atom is 0.161 e. The van der Waals surface area contributed by atoms with Crippen LogP contribution in [0.5, 0.6) is 5.75 Å². The number of hydrogen-bond acceptors (Lipinski definition) is 5. The maximum atomic E-state index is 12.5. The van der Waals surface area contributed by atoms with Crippen molar-refractivity contribution >= 4 is 27.3 Å². The van der Waals surface area contributed by atoms with Crippen LogP contribution in [-0.4, -0.2) is 17.4 Å². The van der Waals surface area contributed by atoms with E-state index in [2.05, 4.69) is 11.1 Å². The summed E-state index contributed by atoms with van der Waals surface area (Å²) >= 11 is 1.40. The number of rotatable bonds is 6. The van der Waals surface area contributed by atoms with Gasteiger partial charge in [-0.25, -0.2) is 4.98 Å². The normalized spacial score (nSPS) is 11.8. The Hall–Kier alpha value is -2.71. The standard InChI is InChI=1S/C19H16N2O2S/c1-2-23-14-9-7-13(8-10-14)11-17(22)15(12-20)19-21-16-5-3-4-6-18(16)24-19/h3-10,15H,2,11H2,1H3/t15-/m0/s1. The molecule has 4 nitrogen and oxygen atoms in total. The molecule has 0 amide bonds. The smallest absolute Gasteiger partial charge is 0.161 e. The predicted octanol–water partition coefficient (Wildman–Crippen LogP) is 4.11. The molecule has 2 aromatic carbocycles. The first kappa shape index (κ1) is 16.2. The Bertz CT molecular complexity index is 861. The molecule has 0 aliphatic carbocycles. The predicted molar refractivity (Wildman–Crippen MR) is 94.3 cm³/mol. The minimum absolute atomic E-state index is 0.138. The molecule has 0 bridgehead atoms. The van der Waals surface area contributed by atoms with Crippen molar-refractivity contribution in [1.82, 2.24) is 4.98 Å². The largest absolute Gasteiger partial charge is 0.494 e. The number of carbonyl (C=O) groups is 1. The van der Waals surface area contributed by atoms with Crippen molar-refractivity contribution in [3.63, 3.8) is 0 Å². The summed E-state index contributed by atoms with van der Waals surface area (Å²) in [7, 11) is 0. The Kier molecular flexibility index (Phi) is 4.88. The number of fused-ring (bicyclic) bond motifs is 1. The van der Waals surface area contributed by atoms with Gasteiger partial charge in [-0.15, -0.1) is 11.3 Å². The number of aromatic nitrogens is 1. The summed E-state index contributed by atoms with van der Waals surface area (Å²) in [5.74, 6) is -0.189. The second-order valence-corrected chi connectivity index (χ2v) is 6.36. The van der Waals surface area contributed by atoms with Crippen LogP contribution in [0.4, 0.5) is 0 Å². The first-order valence-electron chi connectivity index (χ1n) is 7.70. The lowest BCUT2D eigenvalue weighted by molar-refractivity contribution is -0.118. The molecule has 5 heteroatoms. The van der Waals surface area contributed by atoms with Gasteiger partial charge < -0.3 is 4.74 Å². The molecule has 0 aliphatic rings. The summed E-state index contributed by atoms with van der Waals surface area (Å²) in [6.07, 6.45) is 0.209. The molecule has 3 rings (SSSR count). The van der Waals surface area contributed by atoms with Crippen LogP contribution >= 0.6 is 11.3 Å². The number of nitrogens with zero attached hydrogens (tertiary/aromatic N) is 2. The summed E-state index contributed by atoms with van der Waals surface area (Å²) in [6, 6.07) is 17.2. The van der Waals surface area contributed by atoms with Crippen molar-refractivity contribution in [3.8, 4) is 11.8 Å². The summed E-state index contributed by atoms with van der Waals surface area (Å²) < 4.78 is 6.38. The number of Topliss-reactive ketones (excluding diaryl/α,β-unsaturated/α-hetero) is 1. The zero-order valence-corrected chi connectivity index (χ0v) is 14.0. The number of ketones is 1. The van der Waals surface area contributed by atoms with Gasteiger partial charge in [0.1, 0.15) is 10.8 Å². The first-order chi connectivity index (χ1) is 11.7. The average Bonchev–Trinajstić information content (AvgIpc) is 3.01. The molecule has 24 heavy (non-hydrogen) atoms. The molecule has 0 saturated carbocycles. The topological polar surface area (TPSA) is 63.0 Å². The quantitative estimate of drug-likeness (QED) is 0.679. The van der Waals surface area contributed by atoms with Crippen molar-refractivity contribution in [2.75, 3.05) is 6.61 Å². The molecular weight excluding hydrogens is 320 g/mol. The zero-order valence-electron chi connectivity index (χ0n) is 13.2. The summed E-state index contributed by atoms with van der Waals surface area (Å²) in [5.41, 5.74) is 1.69. The minimum atomic E-state index is -0.825. The highest BCUT2D eigenvalue weighted by Gasteiger charge is 2.24. The number of nitriles is 1. The number of benzene rings is 2. The molecule has 0 N–H and O–H groups in total. The highest BCUT2D eigenvalue weighted by atomic mass is 32.1. The third-order valence-electron chi connectivity index (χ3n) is 3.62. The van der Waals surface area contributed by atoms with Gasteiger partial charge in [0.05, 0.1) is 22.9 Å². The van der Waals surface area contributed by atoms with Crippen molar-refractivity contribution in [1.29, 1.82) is 5.26 Å². The van der Waals surface area contributed by atoms with Gasteiger partial charge >= 0.3 is 0 Å². The van der Waals surface area contributed by atoms with Crippen molar-refractivity contribution in [2.45, 2.75) is 19.3 Å². The van der Waals surface area contributed by atoms with E-state index in [1.54, 1.807) is 0 Å². The third-order valence-corrected chi connectivity index (χ3v) is 4.72. The van der Waals surface area contributed by atoms with Crippen LogP contribution in [0.15, 0.2) is 48.5 Å². The molecular formula is C19H16N2O2S. The van der Waals surface area contributed by atoms with Gasteiger partial charge in [0.15, 0.2) is 11.7 Å². The maximum absolute atomic E-state index is 12.5. The van der Waals surface area contributed by atoms with Gasteiger partial charge in [0.2, 0.25) is 0 Å². The fourth-order valence-corrected chi connectivity index (χ4v) is 3.49. The van der Waals surface area contributed by atoms with E-state index in [-0.39, 0.29) is 12.2 Å². The molecule has 0 aliphatic heterocycles. The second-order valence-electron chi connectivity index (χ2n) is 5.30. The highest BCUT2D eigenvalue weighted by molar-refractivity contribution is 7.18. The Morgan fingerprint density at radius 3 is 2.67 bits per heavy atom. The average molecular weight is 336 g/mol. The van der Waals surface area contributed by atoms with Gasteiger partial charge in [0, 0.05) is 6.42 Å². The summed E-state index contributed by atoms with van der Waals surface area (Å²) in [4.78, 5) is 17.0. The van der Waals surface area contributed by atoms with Crippen LogP contribution in [0.25, 0.3) is 10.2 Å². The SMILES string of the molecule is CCOc1ccc(CC(=O)[C@H](C#N)c2nc3ccccc3s2)cc1. The number of thiazole rings is 1. The van der Waals surface area contributed by atoms with E-state index in [1.807, 2.05) is 55.5 Å². The van der Waals surface area contributed by atoms with Gasteiger partial charge in [-0.1, -0.05) is 24.3 Å². The summed E-state index contributed by atoms with van der Waals surface area (Å²) in [6.45, 7) is 2.53. The molecule has 0 fully saturated rings. The van der Waals surface area contributed by atoms with Gasteiger partial charge in [-0.3, -0.25) is 4.79 Å². The fourth-order valence-electron chi connectivity index (χ4n) is 2.45. The molecule has 0 saturated heterocycles. The van der Waals surface area contributed by atoms with E-state index < -0.39 is 5.92 Å². The van der Waals surface area contributed by atoms with Crippen LogP contribution in [0, 0.1) is 11.3 Å². The van der Waals surface area contributed by atoms with Crippen molar-refractivity contribution in [2.24, 2.45) is 0 Å².